The van der Waals surface area contributed by atoms with Gasteiger partial charge in [-0.1, -0.05) is 32.9 Å². The van der Waals surface area contributed by atoms with Gasteiger partial charge in [0.15, 0.2) is 4.83 Å². The monoisotopic (exact) mass is 377 g/mol. The highest BCUT2D eigenvalue weighted by Gasteiger charge is 2.32. The Bertz CT molecular complexity index is 879. The topological polar surface area (TPSA) is 74.1 Å². The number of thiophene rings is 1. The Kier molecular flexibility index (Phi) is 5.19. The van der Waals surface area contributed by atoms with Crippen LogP contribution < -0.4 is 5.56 Å². The van der Waals surface area contributed by atoms with E-state index >= 15 is 0 Å². The fourth-order valence-corrected chi connectivity index (χ4v) is 4.67. The standard InChI is InChI=1S/C19H27N3O3S/c1-6-11(2)25-15(23)10-22-18(24)16-13-8-7-12(19(3,4)5)9-14(13)26-17(16)20-21-22/h11-12H,6-10H2,1-5H3/t11-,12-/m1/s1. The molecule has 2 heterocycles. The summed E-state index contributed by atoms with van der Waals surface area (Å²) in [7, 11) is 0. The summed E-state index contributed by atoms with van der Waals surface area (Å²) in [5.74, 6) is 0.149. The van der Waals surface area contributed by atoms with E-state index in [2.05, 4.69) is 31.1 Å². The maximum absolute atomic E-state index is 12.9. The smallest absolute Gasteiger partial charge is 0.328 e. The number of carbonyl (C=O) groups is 1. The van der Waals surface area contributed by atoms with Gasteiger partial charge < -0.3 is 4.74 Å². The summed E-state index contributed by atoms with van der Waals surface area (Å²) in [6, 6.07) is 0. The Morgan fingerprint density at radius 3 is 2.81 bits per heavy atom. The molecule has 2 aromatic rings. The van der Waals surface area contributed by atoms with Gasteiger partial charge in [-0.2, -0.15) is 4.68 Å². The zero-order valence-electron chi connectivity index (χ0n) is 16.2. The molecular weight excluding hydrogens is 350 g/mol. The number of aromatic nitrogens is 3. The molecule has 7 heteroatoms. The van der Waals surface area contributed by atoms with Gasteiger partial charge in [0, 0.05) is 4.88 Å². The molecule has 0 radical (unpaired) electrons. The normalized spacial score (nSPS) is 18.6. The number of carbonyl (C=O) groups excluding carboxylic acids is 1. The molecule has 0 amide bonds. The average molecular weight is 378 g/mol. The summed E-state index contributed by atoms with van der Waals surface area (Å²) in [4.78, 5) is 26.8. The lowest BCUT2D eigenvalue weighted by Crippen LogP contribution is -2.30. The number of hydrogen-bond acceptors (Lipinski definition) is 6. The van der Waals surface area contributed by atoms with Crippen LogP contribution in [0.2, 0.25) is 0 Å². The quantitative estimate of drug-likeness (QED) is 0.764. The molecular formula is C19H27N3O3S. The van der Waals surface area contributed by atoms with Crippen LogP contribution >= 0.6 is 11.3 Å². The summed E-state index contributed by atoms with van der Waals surface area (Å²) in [6.07, 6.45) is 3.50. The number of hydrogen-bond donors (Lipinski definition) is 0. The molecule has 0 spiro atoms. The van der Waals surface area contributed by atoms with E-state index in [1.54, 1.807) is 11.3 Å². The molecule has 2 atom stereocenters. The van der Waals surface area contributed by atoms with Crippen molar-refractivity contribution in [1.82, 2.24) is 15.0 Å². The van der Waals surface area contributed by atoms with Crippen LogP contribution in [-0.2, 0) is 28.9 Å². The van der Waals surface area contributed by atoms with E-state index in [0.29, 0.717) is 16.1 Å². The minimum absolute atomic E-state index is 0.168. The van der Waals surface area contributed by atoms with E-state index in [1.807, 2.05) is 13.8 Å². The van der Waals surface area contributed by atoms with Crippen molar-refractivity contribution >= 4 is 27.5 Å². The predicted octanol–water partition coefficient (Wildman–Crippen LogP) is 3.35. The second kappa shape index (κ2) is 7.10. The largest absolute Gasteiger partial charge is 0.461 e. The van der Waals surface area contributed by atoms with Gasteiger partial charge in [-0.25, -0.2) is 0 Å². The number of nitrogens with zero attached hydrogens (tertiary/aromatic N) is 3. The van der Waals surface area contributed by atoms with Gasteiger partial charge in [-0.05, 0) is 49.5 Å². The van der Waals surface area contributed by atoms with Crippen LogP contribution in [-0.4, -0.2) is 27.1 Å². The molecule has 142 valence electrons. The van der Waals surface area contributed by atoms with Crippen molar-refractivity contribution in [3.8, 4) is 0 Å². The van der Waals surface area contributed by atoms with Gasteiger partial charge in [-0.3, -0.25) is 9.59 Å². The lowest BCUT2D eigenvalue weighted by molar-refractivity contribution is -0.149. The Labute approximate surface area is 157 Å². The zero-order valence-corrected chi connectivity index (χ0v) is 17.0. The van der Waals surface area contributed by atoms with Crippen molar-refractivity contribution in [1.29, 1.82) is 0 Å². The van der Waals surface area contributed by atoms with E-state index in [4.69, 9.17) is 4.74 Å². The van der Waals surface area contributed by atoms with Crippen LogP contribution in [0.25, 0.3) is 10.2 Å². The van der Waals surface area contributed by atoms with Crippen molar-refractivity contribution in [2.24, 2.45) is 11.3 Å². The van der Waals surface area contributed by atoms with Crippen LogP contribution in [0.1, 0.15) is 57.9 Å². The molecule has 0 saturated heterocycles. The van der Waals surface area contributed by atoms with Gasteiger partial charge in [0.25, 0.3) is 5.56 Å². The maximum Gasteiger partial charge on any atom is 0.328 e. The van der Waals surface area contributed by atoms with Gasteiger partial charge >= 0.3 is 5.97 Å². The first-order chi connectivity index (χ1) is 12.2. The third kappa shape index (κ3) is 3.68. The number of fused-ring (bicyclic) bond motifs is 3. The Hall–Kier alpha value is -1.76. The highest BCUT2D eigenvalue weighted by molar-refractivity contribution is 7.18. The molecule has 2 aromatic heterocycles. The van der Waals surface area contributed by atoms with Crippen LogP contribution in [0.3, 0.4) is 0 Å². The number of ether oxygens (including phenoxy) is 1. The van der Waals surface area contributed by atoms with E-state index in [9.17, 15) is 9.59 Å². The first-order valence-corrected chi connectivity index (χ1v) is 10.1. The first-order valence-electron chi connectivity index (χ1n) is 9.28. The van der Waals surface area contributed by atoms with E-state index in [-0.39, 0.29) is 23.6 Å². The minimum atomic E-state index is -0.452. The molecule has 0 bridgehead atoms. The van der Waals surface area contributed by atoms with Crippen LogP contribution in [0, 0.1) is 11.3 Å². The molecule has 0 saturated carbocycles. The first kappa shape index (κ1) is 19.0. The second-order valence-electron chi connectivity index (χ2n) is 8.25. The Morgan fingerprint density at radius 2 is 2.15 bits per heavy atom. The summed E-state index contributed by atoms with van der Waals surface area (Å²) in [5.41, 5.74) is 1.12. The van der Waals surface area contributed by atoms with E-state index in [1.165, 1.54) is 4.88 Å². The third-order valence-corrected chi connectivity index (χ3v) is 6.49. The Morgan fingerprint density at radius 1 is 1.42 bits per heavy atom. The molecule has 26 heavy (non-hydrogen) atoms. The van der Waals surface area contributed by atoms with Crippen molar-refractivity contribution in [2.75, 3.05) is 0 Å². The summed E-state index contributed by atoms with van der Waals surface area (Å²) < 4.78 is 6.39. The van der Waals surface area contributed by atoms with E-state index in [0.717, 1.165) is 35.9 Å². The van der Waals surface area contributed by atoms with Crippen molar-refractivity contribution in [3.05, 3.63) is 20.8 Å². The predicted molar refractivity (Wildman–Crippen MR) is 102 cm³/mol. The molecule has 0 N–H and O–H groups in total. The van der Waals surface area contributed by atoms with Gasteiger partial charge in [-0.15, -0.1) is 16.4 Å². The number of aryl methyl sites for hydroxylation is 1. The molecule has 6 nitrogen and oxygen atoms in total. The highest BCUT2D eigenvalue weighted by Crippen LogP contribution is 2.41. The molecule has 3 rings (SSSR count). The molecule has 0 aliphatic heterocycles. The maximum atomic E-state index is 12.9. The highest BCUT2D eigenvalue weighted by atomic mass is 32.1. The second-order valence-corrected chi connectivity index (χ2v) is 9.33. The fourth-order valence-electron chi connectivity index (χ4n) is 3.44. The molecule has 0 fully saturated rings. The fraction of sp³-hybridized carbons (Fsp3) is 0.684. The summed E-state index contributed by atoms with van der Waals surface area (Å²) in [5, 5.41) is 8.81. The third-order valence-electron chi connectivity index (χ3n) is 5.35. The SMILES string of the molecule is CC[C@@H](C)OC(=O)Cn1nnc2sc3c(c2c1=O)CC[C@@H](C(C)(C)C)C3. The van der Waals surface area contributed by atoms with Crippen LogP contribution in [0.4, 0.5) is 0 Å². The van der Waals surface area contributed by atoms with Gasteiger partial charge in [0.05, 0.1) is 11.5 Å². The van der Waals surface area contributed by atoms with Crippen molar-refractivity contribution in [2.45, 2.75) is 73.0 Å². The van der Waals surface area contributed by atoms with Gasteiger partial charge in [0.2, 0.25) is 0 Å². The molecule has 1 aliphatic carbocycles. The lowest BCUT2D eigenvalue weighted by Gasteiger charge is -2.33. The molecule has 0 unspecified atom stereocenters. The summed E-state index contributed by atoms with van der Waals surface area (Å²) in [6.45, 7) is 10.4. The van der Waals surface area contributed by atoms with E-state index < -0.39 is 5.97 Å². The van der Waals surface area contributed by atoms with Gasteiger partial charge in [0.1, 0.15) is 6.54 Å². The molecule has 1 aliphatic rings. The van der Waals surface area contributed by atoms with Crippen molar-refractivity contribution in [3.63, 3.8) is 0 Å². The van der Waals surface area contributed by atoms with Crippen LogP contribution in [0.15, 0.2) is 4.79 Å². The summed E-state index contributed by atoms with van der Waals surface area (Å²) >= 11 is 1.57. The average Bonchev–Trinajstić information content (AvgIpc) is 2.94. The Balaban J connectivity index is 1.91. The van der Waals surface area contributed by atoms with Crippen molar-refractivity contribution < 1.29 is 9.53 Å². The van der Waals surface area contributed by atoms with Crippen LogP contribution in [0.5, 0.6) is 0 Å². The zero-order chi connectivity index (χ0) is 19.1. The number of rotatable bonds is 4. The minimum Gasteiger partial charge on any atom is -0.461 e. The number of esters is 1. The lowest BCUT2D eigenvalue weighted by atomic mass is 9.72. The molecule has 0 aromatic carbocycles.